The molecule has 0 amide bonds. The second kappa shape index (κ2) is 3.87. The van der Waals surface area contributed by atoms with Crippen molar-refractivity contribution in [3.8, 4) is 0 Å². The van der Waals surface area contributed by atoms with E-state index in [0.29, 0.717) is 6.42 Å². The van der Waals surface area contributed by atoms with Gasteiger partial charge in [0, 0.05) is 17.5 Å². The summed E-state index contributed by atoms with van der Waals surface area (Å²) in [6.45, 7) is 0.106. The summed E-state index contributed by atoms with van der Waals surface area (Å²) in [5.41, 5.74) is 1.68. The Morgan fingerprint density at radius 1 is 1.82 bits per heavy atom. The van der Waals surface area contributed by atoms with Crippen molar-refractivity contribution in [1.29, 1.82) is 0 Å². The van der Waals surface area contributed by atoms with Gasteiger partial charge < -0.3 is 4.84 Å². The van der Waals surface area contributed by atoms with Crippen LogP contribution in [0.1, 0.15) is 4.88 Å². The van der Waals surface area contributed by atoms with Crippen LogP contribution in [0.3, 0.4) is 0 Å². The van der Waals surface area contributed by atoms with Crippen LogP contribution in [0.5, 0.6) is 0 Å². The summed E-state index contributed by atoms with van der Waals surface area (Å²) in [7, 11) is 0. The van der Waals surface area contributed by atoms with Crippen LogP contribution in [0.15, 0.2) is 11.7 Å². The van der Waals surface area contributed by atoms with E-state index in [9.17, 15) is 10.1 Å². The molecule has 0 saturated carbocycles. The van der Waals surface area contributed by atoms with E-state index in [1.165, 1.54) is 11.3 Å². The monoisotopic (exact) mass is 174 g/mol. The minimum Gasteiger partial charge on any atom is -0.314 e. The van der Waals surface area contributed by atoms with Gasteiger partial charge in [0.05, 0.1) is 5.51 Å². The van der Waals surface area contributed by atoms with Crippen LogP contribution in [-0.4, -0.2) is 16.7 Å². The fourth-order valence-electron chi connectivity index (χ4n) is 0.586. The van der Waals surface area contributed by atoms with E-state index in [-0.39, 0.29) is 6.61 Å². The predicted octanol–water partition coefficient (Wildman–Crippen LogP) is 0.894. The fraction of sp³-hybridized carbons (Fsp3) is 0.400. The molecule has 1 aromatic heterocycles. The van der Waals surface area contributed by atoms with Crippen LogP contribution in [0, 0.1) is 10.1 Å². The van der Waals surface area contributed by atoms with Gasteiger partial charge in [-0.05, 0) is 0 Å². The molecule has 0 atom stereocenters. The Kier molecular flexibility index (Phi) is 2.79. The topological polar surface area (TPSA) is 65.3 Å². The summed E-state index contributed by atoms with van der Waals surface area (Å²) in [5, 5.41) is 8.91. The van der Waals surface area contributed by atoms with Gasteiger partial charge in [0.15, 0.2) is 0 Å². The van der Waals surface area contributed by atoms with Crippen LogP contribution in [0.2, 0.25) is 0 Å². The van der Waals surface area contributed by atoms with E-state index in [4.69, 9.17) is 0 Å². The Morgan fingerprint density at radius 2 is 2.64 bits per heavy atom. The smallest absolute Gasteiger partial charge is 0.294 e. The minimum atomic E-state index is -0.791. The predicted molar refractivity (Wildman–Crippen MR) is 38.8 cm³/mol. The molecule has 5 nitrogen and oxygen atoms in total. The highest BCUT2D eigenvalue weighted by atomic mass is 32.1. The van der Waals surface area contributed by atoms with Crippen molar-refractivity contribution in [3.05, 3.63) is 26.7 Å². The van der Waals surface area contributed by atoms with E-state index in [2.05, 4.69) is 9.82 Å². The molecule has 1 aromatic rings. The number of nitrogens with zero attached hydrogens (tertiary/aromatic N) is 2. The van der Waals surface area contributed by atoms with Crippen LogP contribution >= 0.6 is 11.3 Å². The van der Waals surface area contributed by atoms with Crippen molar-refractivity contribution in [2.24, 2.45) is 0 Å². The number of thiazole rings is 1. The van der Waals surface area contributed by atoms with Crippen LogP contribution in [0.4, 0.5) is 0 Å². The van der Waals surface area contributed by atoms with Gasteiger partial charge in [0.1, 0.15) is 6.61 Å². The lowest BCUT2D eigenvalue weighted by atomic mass is 10.4. The molecule has 1 rings (SSSR count). The van der Waals surface area contributed by atoms with Crippen LogP contribution in [-0.2, 0) is 11.3 Å². The second-order valence-corrected chi connectivity index (χ2v) is 2.75. The van der Waals surface area contributed by atoms with Gasteiger partial charge in [0.25, 0.3) is 5.09 Å². The first kappa shape index (κ1) is 7.93. The lowest BCUT2D eigenvalue weighted by molar-refractivity contribution is -0.757. The Hall–Kier alpha value is -1.17. The standard InChI is InChI=1S/C5H6N2O3S/c8-7(9)10-2-1-5-3-6-4-11-5/h3-4H,1-2H2. The summed E-state index contributed by atoms with van der Waals surface area (Å²) in [5.74, 6) is 0. The number of hydrogen-bond acceptors (Lipinski definition) is 5. The Balaban J connectivity index is 2.19. The minimum absolute atomic E-state index is 0.106. The maximum Gasteiger partial charge on any atom is 0.294 e. The highest BCUT2D eigenvalue weighted by molar-refractivity contribution is 7.09. The first-order valence-electron chi connectivity index (χ1n) is 2.93. The van der Waals surface area contributed by atoms with Gasteiger partial charge in [-0.3, -0.25) is 4.98 Å². The molecule has 0 fully saturated rings. The van der Waals surface area contributed by atoms with E-state index in [1.54, 1.807) is 11.7 Å². The average Bonchev–Trinajstić information content (AvgIpc) is 2.39. The molecule has 0 N–H and O–H groups in total. The van der Waals surface area contributed by atoms with Crippen molar-refractivity contribution >= 4 is 11.3 Å². The summed E-state index contributed by atoms with van der Waals surface area (Å²) >= 11 is 1.46. The molecule has 0 aliphatic carbocycles. The molecule has 0 spiro atoms. The van der Waals surface area contributed by atoms with E-state index >= 15 is 0 Å². The zero-order valence-electron chi connectivity index (χ0n) is 5.60. The van der Waals surface area contributed by atoms with Crippen LogP contribution in [0.25, 0.3) is 0 Å². The van der Waals surface area contributed by atoms with Crippen molar-refractivity contribution in [2.45, 2.75) is 6.42 Å². The van der Waals surface area contributed by atoms with Gasteiger partial charge >= 0.3 is 0 Å². The maximum absolute atomic E-state index is 9.70. The van der Waals surface area contributed by atoms with Crippen molar-refractivity contribution in [3.63, 3.8) is 0 Å². The molecular formula is C5H6N2O3S. The molecule has 0 aliphatic rings. The first-order valence-corrected chi connectivity index (χ1v) is 3.81. The quantitative estimate of drug-likeness (QED) is 0.502. The molecule has 60 valence electrons. The maximum atomic E-state index is 9.70. The first-order chi connectivity index (χ1) is 5.29. The molecule has 1 heterocycles. The van der Waals surface area contributed by atoms with Crippen molar-refractivity contribution in [1.82, 2.24) is 4.98 Å². The highest BCUT2D eigenvalue weighted by Gasteiger charge is 1.97. The normalized spacial score (nSPS) is 9.45. The summed E-state index contributed by atoms with van der Waals surface area (Å²) in [6.07, 6.45) is 2.22. The van der Waals surface area contributed by atoms with Gasteiger partial charge in [-0.2, -0.15) is 0 Å². The zero-order valence-corrected chi connectivity index (χ0v) is 6.41. The SMILES string of the molecule is O=[N+]([O-])OCCc1cncs1. The van der Waals surface area contributed by atoms with Crippen LogP contribution < -0.4 is 0 Å². The third-order valence-electron chi connectivity index (χ3n) is 1.03. The summed E-state index contributed by atoms with van der Waals surface area (Å²) in [4.78, 5) is 18.6. The molecule has 0 unspecified atom stereocenters. The van der Waals surface area contributed by atoms with E-state index in [1.807, 2.05) is 0 Å². The molecule has 0 aromatic carbocycles. The number of hydrogen-bond donors (Lipinski definition) is 0. The van der Waals surface area contributed by atoms with Gasteiger partial charge in [0.2, 0.25) is 0 Å². The molecule has 0 bridgehead atoms. The molecule has 0 radical (unpaired) electrons. The average molecular weight is 174 g/mol. The summed E-state index contributed by atoms with van der Waals surface area (Å²) < 4.78 is 0. The Bertz CT molecular complexity index is 224. The number of rotatable bonds is 4. The molecule has 0 saturated heterocycles. The van der Waals surface area contributed by atoms with Crippen molar-refractivity contribution in [2.75, 3.05) is 6.61 Å². The third-order valence-corrected chi connectivity index (χ3v) is 1.87. The molecule has 0 aliphatic heterocycles. The number of aromatic nitrogens is 1. The van der Waals surface area contributed by atoms with Gasteiger partial charge in [-0.25, -0.2) is 0 Å². The Labute approximate surface area is 66.7 Å². The molecular weight excluding hydrogens is 168 g/mol. The van der Waals surface area contributed by atoms with E-state index in [0.717, 1.165) is 4.88 Å². The largest absolute Gasteiger partial charge is 0.314 e. The van der Waals surface area contributed by atoms with Gasteiger partial charge in [-0.1, -0.05) is 0 Å². The molecule has 6 heteroatoms. The third kappa shape index (κ3) is 2.94. The van der Waals surface area contributed by atoms with E-state index < -0.39 is 5.09 Å². The highest BCUT2D eigenvalue weighted by Crippen LogP contribution is 2.05. The second-order valence-electron chi connectivity index (χ2n) is 1.77. The lowest BCUT2D eigenvalue weighted by Crippen LogP contribution is -2.03. The fourth-order valence-corrected chi connectivity index (χ4v) is 1.17. The Morgan fingerprint density at radius 3 is 3.18 bits per heavy atom. The van der Waals surface area contributed by atoms with Crippen molar-refractivity contribution < 1.29 is 9.92 Å². The van der Waals surface area contributed by atoms with Gasteiger partial charge in [-0.15, -0.1) is 21.5 Å². The zero-order chi connectivity index (χ0) is 8.10. The molecule has 11 heavy (non-hydrogen) atoms. The lowest BCUT2D eigenvalue weighted by Gasteiger charge is -1.93. The summed E-state index contributed by atoms with van der Waals surface area (Å²) in [6, 6.07) is 0.